The first-order valence-corrected chi connectivity index (χ1v) is 17.9. The number of hydrogen-bond acceptors (Lipinski definition) is 9. The third-order valence-electron chi connectivity index (χ3n) is 11.6. The van der Waals surface area contributed by atoms with Crippen LogP contribution in [0.25, 0.3) is 0 Å². The van der Waals surface area contributed by atoms with Crippen molar-refractivity contribution >= 4 is 35.2 Å². The first-order chi connectivity index (χ1) is 24.9. The Balaban J connectivity index is 0.848. The maximum absolute atomic E-state index is 13.5. The molecule has 0 bridgehead atoms. The molecule has 1 unspecified atom stereocenters. The quantitative estimate of drug-likeness (QED) is 0.379. The van der Waals surface area contributed by atoms with Crippen molar-refractivity contribution in [3.05, 3.63) is 93.5 Å². The van der Waals surface area contributed by atoms with Crippen LogP contribution in [0.15, 0.2) is 54.6 Å². The number of aryl methyl sites for hydroxylation is 1. The van der Waals surface area contributed by atoms with Crippen molar-refractivity contribution < 1.29 is 28.7 Å². The molecule has 0 aromatic heterocycles. The van der Waals surface area contributed by atoms with Crippen LogP contribution in [0.4, 0.5) is 5.69 Å². The number of carbonyl (C=O) groups excluding carboxylic acids is 5. The zero-order valence-corrected chi connectivity index (χ0v) is 29.5. The van der Waals surface area contributed by atoms with Gasteiger partial charge in [0.15, 0.2) is 0 Å². The topological polar surface area (TPSA) is 143 Å². The van der Waals surface area contributed by atoms with E-state index < -0.39 is 35.2 Å². The number of ether oxygens (including phenoxy) is 1. The number of nitrogens with one attached hydrogen (secondary N) is 1. The number of rotatable bonds is 6. The number of amides is 5. The van der Waals surface area contributed by atoms with E-state index in [9.17, 15) is 29.2 Å². The molecule has 0 aliphatic carbocycles. The molecule has 8 rings (SSSR count). The van der Waals surface area contributed by atoms with Gasteiger partial charge in [-0.25, -0.2) is 0 Å². The van der Waals surface area contributed by atoms with Crippen LogP contribution in [-0.4, -0.2) is 87.6 Å². The second-order valence-corrected chi connectivity index (χ2v) is 15.0. The van der Waals surface area contributed by atoms with Gasteiger partial charge in [-0.3, -0.25) is 39.1 Å². The van der Waals surface area contributed by atoms with E-state index in [4.69, 9.17) is 4.74 Å². The molecule has 3 fully saturated rings. The molecule has 1 N–H and O–H groups in total. The molecule has 3 aromatic carbocycles. The summed E-state index contributed by atoms with van der Waals surface area (Å²) in [5.74, 6) is -1.28. The number of nitriles is 1. The van der Waals surface area contributed by atoms with E-state index in [2.05, 4.69) is 21.2 Å². The highest BCUT2D eigenvalue weighted by atomic mass is 16.5. The Morgan fingerprint density at radius 2 is 1.56 bits per heavy atom. The average Bonchev–Trinajstić information content (AvgIpc) is 3.66. The van der Waals surface area contributed by atoms with Crippen LogP contribution >= 0.6 is 0 Å². The molecular formula is C40H40N6O6. The average molecular weight is 701 g/mol. The number of benzene rings is 3. The highest BCUT2D eigenvalue weighted by Crippen LogP contribution is 2.37. The highest BCUT2D eigenvalue weighted by Gasteiger charge is 2.51. The summed E-state index contributed by atoms with van der Waals surface area (Å²) in [6.45, 7) is 9.50. The minimum atomic E-state index is -0.967. The molecule has 5 amide bonds. The summed E-state index contributed by atoms with van der Waals surface area (Å²) in [6, 6.07) is 18.5. The molecule has 0 radical (unpaired) electrons. The second-order valence-electron chi connectivity index (χ2n) is 15.0. The third-order valence-corrected chi connectivity index (χ3v) is 11.6. The minimum absolute atomic E-state index is 0.0298. The van der Waals surface area contributed by atoms with Crippen molar-refractivity contribution in [1.29, 1.82) is 5.26 Å². The first kappa shape index (κ1) is 33.6. The van der Waals surface area contributed by atoms with Crippen molar-refractivity contribution in [3.63, 3.8) is 0 Å². The second kappa shape index (κ2) is 12.6. The number of hydrogen-bond donors (Lipinski definition) is 1. The van der Waals surface area contributed by atoms with Gasteiger partial charge in [-0.05, 0) is 111 Å². The Kier molecular flexibility index (Phi) is 8.14. The maximum Gasteiger partial charge on any atom is 0.262 e. The summed E-state index contributed by atoms with van der Waals surface area (Å²) in [7, 11) is 0. The third kappa shape index (κ3) is 5.60. The molecule has 12 heteroatoms. The van der Waals surface area contributed by atoms with Gasteiger partial charge in [-0.2, -0.15) is 5.26 Å². The summed E-state index contributed by atoms with van der Waals surface area (Å²) in [5, 5.41) is 11.5. The van der Waals surface area contributed by atoms with Crippen LogP contribution in [0, 0.1) is 18.3 Å². The van der Waals surface area contributed by atoms with Crippen LogP contribution < -0.4 is 15.0 Å². The number of carbonyl (C=O) groups is 5. The molecule has 5 aliphatic rings. The van der Waals surface area contributed by atoms with Gasteiger partial charge in [0.05, 0.1) is 34.8 Å². The number of fused-ring (bicyclic) bond motifs is 2. The Hall–Kier alpha value is -5.54. The summed E-state index contributed by atoms with van der Waals surface area (Å²) in [5.41, 5.74) is 5.42. The van der Waals surface area contributed by atoms with Gasteiger partial charge in [-0.1, -0.05) is 0 Å². The number of imide groups is 2. The molecule has 5 heterocycles. The van der Waals surface area contributed by atoms with Gasteiger partial charge in [0, 0.05) is 49.9 Å². The number of anilines is 1. The van der Waals surface area contributed by atoms with E-state index in [1.807, 2.05) is 68.1 Å². The summed E-state index contributed by atoms with van der Waals surface area (Å²) in [6.07, 6.45) is 1.99. The fourth-order valence-electron chi connectivity index (χ4n) is 8.32. The lowest BCUT2D eigenvalue weighted by atomic mass is 9.84. The lowest BCUT2D eigenvalue weighted by Crippen LogP contribution is -2.71. The predicted octanol–water partition coefficient (Wildman–Crippen LogP) is 3.93. The smallest absolute Gasteiger partial charge is 0.262 e. The van der Waals surface area contributed by atoms with Crippen LogP contribution in [0.3, 0.4) is 0 Å². The maximum atomic E-state index is 13.5. The van der Waals surface area contributed by atoms with E-state index in [-0.39, 0.29) is 24.9 Å². The Labute approximate surface area is 301 Å². The van der Waals surface area contributed by atoms with Crippen molar-refractivity contribution in [1.82, 2.24) is 20.0 Å². The minimum Gasteiger partial charge on any atom is -0.486 e. The summed E-state index contributed by atoms with van der Waals surface area (Å²) in [4.78, 5) is 71.8. The van der Waals surface area contributed by atoms with Gasteiger partial charge in [-0.15, -0.1) is 0 Å². The lowest BCUT2D eigenvalue weighted by Gasteiger charge is -2.54. The monoisotopic (exact) mass is 700 g/mol. The fourth-order valence-corrected chi connectivity index (χ4v) is 8.32. The molecule has 0 saturated carbocycles. The number of likely N-dealkylation sites (tertiary alicyclic amines) is 1. The van der Waals surface area contributed by atoms with Crippen LogP contribution in [0.2, 0.25) is 0 Å². The van der Waals surface area contributed by atoms with E-state index in [0.29, 0.717) is 53.7 Å². The van der Waals surface area contributed by atoms with Crippen molar-refractivity contribution in [2.24, 2.45) is 0 Å². The van der Waals surface area contributed by atoms with Gasteiger partial charge >= 0.3 is 0 Å². The standard InChI is InChI=1S/C40H40N6O6/c1-23-16-30(9-6-25(23)19-41)52-34-22-45(40(34,2)3)37(49)24-4-7-28(8-5-24)43-14-12-29(13-15-43)44-20-26-17-31-32(18-27(26)21-44)39(51)46(38(31)50)33-10-11-35(47)42-36(33)48/h4-9,16-18,29,33-34H,10-15,20-22H2,1-3H3,(H,42,47,48)/t33?,34-/m0/s1. The highest BCUT2D eigenvalue weighted by molar-refractivity contribution is 6.23. The zero-order chi connectivity index (χ0) is 36.5. The molecule has 3 aromatic rings. The van der Waals surface area contributed by atoms with Crippen molar-refractivity contribution in [3.8, 4) is 11.8 Å². The summed E-state index contributed by atoms with van der Waals surface area (Å²) < 4.78 is 6.22. The molecule has 52 heavy (non-hydrogen) atoms. The van der Waals surface area contributed by atoms with E-state index >= 15 is 0 Å². The fraction of sp³-hybridized carbons (Fsp3) is 0.400. The normalized spacial score (nSPS) is 22.8. The SMILES string of the molecule is Cc1cc(O[C@H]2CN(C(=O)c3ccc(N4CCC(N5Cc6cc7c(cc6C5)C(=O)N(C5CCC(=O)NC5=O)C7=O)CC4)cc3)C2(C)C)ccc1C#N. The first-order valence-electron chi connectivity index (χ1n) is 17.9. The van der Waals surface area contributed by atoms with Crippen molar-refractivity contribution in [2.45, 2.75) is 83.3 Å². The van der Waals surface area contributed by atoms with Gasteiger partial charge in [0.2, 0.25) is 11.8 Å². The molecule has 266 valence electrons. The number of nitrogens with zero attached hydrogens (tertiary/aromatic N) is 5. The molecule has 2 atom stereocenters. The van der Waals surface area contributed by atoms with Gasteiger partial charge in [0.1, 0.15) is 17.9 Å². The van der Waals surface area contributed by atoms with Gasteiger partial charge in [0.25, 0.3) is 17.7 Å². The Morgan fingerprint density at radius 3 is 2.13 bits per heavy atom. The van der Waals surface area contributed by atoms with E-state index in [1.54, 1.807) is 12.1 Å². The van der Waals surface area contributed by atoms with Crippen LogP contribution in [0.1, 0.15) is 92.9 Å². The zero-order valence-electron chi connectivity index (χ0n) is 29.5. The van der Waals surface area contributed by atoms with Crippen molar-refractivity contribution in [2.75, 3.05) is 24.5 Å². The molecule has 12 nitrogen and oxygen atoms in total. The van der Waals surface area contributed by atoms with Gasteiger partial charge < -0.3 is 14.5 Å². The number of piperidine rings is 2. The Morgan fingerprint density at radius 1 is 0.904 bits per heavy atom. The molecular weight excluding hydrogens is 660 g/mol. The molecule has 5 aliphatic heterocycles. The largest absolute Gasteiger partial charge is 0.486 e. The molecule has 0 spiro atoms. The summed E-state index contributed by atoms with van der Waals surface area (Å²) >= 11 is 0. The van der Waals surface area contributed by atoms with Crippen LogP contribution in [-0.2, 0) is 22.7 Å². The Bertz CT molecular complexity index is 2030. The lowest BCUT2D eigenvalue weighted by molar-refractivity contribution is -0.136. The predicted molar refractivity (Wildman–Crippen MR) is 189 cm³/mol. The van der Waals surface area contributed by atoms with E-state index in [1.165, 1.54) is 0 Å². The van der Waals surface area contributed by atoms with Crippen LogP contribution in [0.5, 0.6) is 5.75 Å². The molecule has 3 saturated heterocycles. The van der Waals surface area contributed by atoms with E-state index in [0.717, 1.165) is 53.2 Å².